The van der Waals surface area contributed by atoms with Gasteiger partial charge in [-0.25, -0.2) is 14.3 Å². The highest BCUT2D eigenvalue weighted by atomic mass is 15.3. The average molecular weight is 337 g/mol. The molecule has 0 saturated heterocycles. The number of hydrogen-bond acceptors (Lipinski definition) is 5. The van der Waals surface area contributed by atoms with E-state index in [2.05, 4.69) is 67.8 Å². The predicted molar refractivity (Wildman–Crippen MR) is 96.7 cm³/mol. The number of fused-ring (bicyclic) bond motifs is 1. The van der Waals surface area contributed by atoms with E-state index in [1.807, 2.05) is 6.92 Å². The van der Waals surface area contributed by atoms with Crippen molar-refractivity contribution in [2.24, 2.45) is 5.92 Å². The van der Waals surface area contributed by atoms with Crippen LogP contribution in [0.15, 0.2) is 43.0 Å². The Morgan fingerprint density at radius 1 is 1.32 bits per heavy atom. The first-order valence-corrected chi connectivity index (χ1v) is 8.66. The number of nitrogens with one attached hydrogen (secondary N) is 2. The van der Waals surface area contributed by atoms with Gasteiger partial charge in [-0.05, 0) is 31.5 Å². The Labute approximate surface area is 147 Å². The molecule has 4 rings (SSSR count). The SMILES string of the molecule is Cc1cc2n(n1)C[C@@H](CN[C@H](C)c1ccc(-n3cncn3)cc1)CN2. The highest BCUT2D eigenvalue weighted by Gasteiger charge is 2.19. The molecule has 0 aliphatic carbocycles. The van der Waals surface area contributed by atoms with E-state index in [9.17, 15) is 0 Å². The maximum atomic E-state index is 4.53. The average Bonchev–Trinajstić information content (AvgIpc) is 3.28. The summed E-state index contributed by atoms with van der Waals surface area (Å²) in [6.07, 6.45) is 3.25. The van der Waals surface area contributed by atoms with E-state index in [1.54, 1.807) is 17.3 Å². The van der Waals surface area contributed by atoms with Gasteiger partial charge in [0, 0.05) is 37.7 Å². The van der Waals surface area contributed by atoms with E-state index in [0.717, 1.165) is 36.8 Å². The zero-order valence-corrected chi connectivity index (χ0v) is 14.6. The van der Waals surface area contributed by atoms with E-state index >= 15 is 0 Å². The van der Waals surface area contributed by atoms with Crippen LogP contribution in [0.2, 0.25) is 0 Å². The molecule has 0 unspecified atom stereocenters. The van der Waals surface area contributed by atoms with Gasteiger partial charge in [-0.2, -0.15) is 10.2 Å². The third-order valence-corrected chi connectivity index (χ3v) is 4.69. The van der Waals surface area contributed by atoms with Gasteiger partial charge >= 0.3 is 0 Å². The van der Waals surface area contributed by atoms with E-state index < -0.39 is 0 Å². The lowest BCUT2D eigenvalue weighted by Gasteiger charge is -2.26. The van der Waals surface area contributed by atoms with Crippen molar-refractivity contribution < 1.29 is 0 Å². The van der Waals surface area contributed by atoms with E-state index in [4.69, 9.17) is 0 Å². The molecule has 0 fully saturated rings. The lowest BCUT2D eigenvalue weighted by atomic mass is 10.1. The maximum Gasteiger partial charge on any atom is 0.138 e. The van der Waals surface area contributed by atoms with Gasteiger partial charge in [-0.15, -0.1) is 0 Å². The van der Waals surface area contributed by atoms with Gasteiger partial charge in [0.15, 0.2) is 0 Å². The Kier molecular flexibility index (Phi) is 4.23. The van der Waals surface area contributed by atoms with Crippen LogP contribution < -0.4 is 10.6 Å². The van der Waals surface area contributed by atoms with Crippen molar-refractivity contribution in [1.29, 1.82) is 0 Å². The molecule has 3 aromatic rings. The fraction of sp³-hybridized carbons (Fsp3) is 0.389. The summed E-state index contributed by atoms with van der Waals surface area (Å²) >= 11 is 0. The number of nitrogens with zero attached hydrogens (tertiary/aromatic N) is 5. The second kappa shape index (κ2) is 6.68. The first kappa shape index (κ1) is 15.8. The standard InChI is InChI=1S/C18H23N7/c1-13-7-18-21-9-15(10-24(18)23-13)8-20-14(2)16-3-5-17(6-4-16)25-12-19-11-22-25/h3-7,11-12,14-15,20-21H,8-10H2,1-2H3/t14-,15+/m1/s1. The summed E-state index contributed by atoms with van der Waals surface area (Å²) in [6.45, 7) is 7.13. The molecule has 2 N–H and O–H groups in total. The second-order valence-electron chi connectivity index (χ2n) is 6.66. The van der Waals surface area contributed by atoms with Crippen LogP contribution in [0.5, 0.6) is 0 Å². The molecule has 25 heavy (non-hydrogen) atoms. The fourth-order valence-electron chi connectivity index (χ4n) is 3.24. The van der Waals surface area contributed by atoms with Crippen LogP contribution in [-0.4, -0.2) is 37.6 Å². The van der Waals surface area contributed by atoms with Gasteiger partial charge in [0.25, 0.3) is 0 Å². The molecule has 1 aliphatic rings. The molecular formula is C18H23N7. The van der Waals surface area contributed by atoms with Gasteiger partial charge in [0.05, 0.1) is 11.4 Å². The smallest absolute Gasteiger partial charge is 0.138 e. The van der Waals surface area contributed by atoms with Crippen molar-refractivity contribution in [2.75, 3.05) is 18.4 Å². The number of benzene rings is 1. The number of aryl methyl sites for hydroxylation is 1. The summed E-state index contributed by atoms with van der Waals surface area (Å²) in [4.78, 5) is 3.98. The van der Waals surface area contributed by atoms with Crippen LogP contribution in [0.4, 0.5) is 5.82 Å². The summed E-state index contributed by atoms with van der Waals surface area (Å²) in [5.41, 5.74) is 3.35. The molecule has 2 aromatic heterocycles. The Morgan fingerprint density at radius 3 is 2.92 bits per heavy atom. The number of rotatable bonds is 5. The third-order valence-electron chi connectivity index (χ3n) is 4.69. The Balaban J connectivity index is 1.34. The molecular weight excluding hydrogens is 314 g/mol. The molecule has 7 heteroatoms. The van der Waals surface area contributed by atoms with Crippen molar-refractivity contribution in [3.63, 3.8) is 0 Å². The lowest BCUT2D eigenvalue weighted by Crippen LogP contribution is -2.36. The molecule has 3 heterocycles. The van der Waals surface area contributed by atoms with Gasteiger partial charge in [-0.1, -0.05) is 12.1 Å². The van der Waals surface area contributed by atoms with E-state index in [-0.39, 0.29) is 0 Å². The highest BCUT2D eigenvalue weighted by molar-refractivity contribution is 5.38. The lowest BCUT2D eigenvalue weighted by molar-refractivity contribution is 0.375. The first-order valence-electron chi connectivity index (χ1n) is 8.66. The first-order chi connectivity index (χ1) is 12.2. The van der Waals surface area contributed by atoms with Gasteiger partial charge in [0.2, 0.25) is 0 Å². The van der Waals surface area contributed by atoms with Crippen LogP contribution in [0.1, 0.15) is 24.2 Å². The van der Waals surface area contributed by atoms with E-state index in [0.29, 0.717) is 12.0 Å². The summed E-state index contributed by atoms with van der Waals surface area (Å²) in [5, 5.41) is 15.8. The molecule has 0 saturated carbocycles. The molecule has 1 aliphatic heterocycles. The highest BCUT2D eigenvalue weighted by Crippen LogP contribution is 2.20. The minimum absolute atomic E-state index is 0.297. The largest absolute Gasteiger partial charge is 0.370 e. The molecule has 2 atom stereocenters. The van der Waals surface area contributed by atoms with Gasteiger partial charge in [0.1, 0.15) is 18.5 Å². The monoisotopic (exact) mass is 337 g/mol. The van der Waals surface area contributed by atoms with E-state index in [1.165, 1.54) is 5.56 Å². The Hall–Kier alpha value is -2.67. The van der Waals surface area contributed by atoms with Gasteiger partial charge < -0.3 is 10.6 Å². The maximum absolute atomic E-state index is 4.53. The predicted octanol–water partition coefficient (Wildman–Crippen LogP) is 2.16. The molecule has 1 aromatic carbocycles. The minimum atomic E-state index is 0.297. The van der Waals surface area contributed by atoms with Crippen molar-refractivity contribution in [2.45, 2.75) is 26.4 Å². The zero-order chi connectivity index (χ0) is 17.2. The number of anilines is 1. The summed E-state index contributed by atoms with van der Waals surface area (Å²) in [6, 6.07) is 10.8. The quantitative estimate of drug-likeness (QED) is 0.746. The third kappa shape index (κ3) is 3.41. The van der Waals surface area contributed by atoms with Crippen LogP contribution >= 0.6 is 0 Å². The molecule has 7 nitrogen and oxygen atoms in total. The zero-order valence-electron chi connectivity index (χ0n) is 14.6. The van der Waals surface area contributed by atoms with Crippen LogP contribution in [0.25, 0.3) is 5.69 Å². The van der Waals surface area contributed by atoms with Crippen molar-refractivity contribution in [1.82, 2.24) is 29.9 Å². The minimum Gasteiger partial charge on any atom is -0.370 e. The van der Waals surface area contributed by atoms with Crippen LogP contribution in [0.3, 0.4) is 0 Å². The van der Waals surface area contributed by atoms with Crippen molar-refractivity contribution >= 4 is 5.82 Å². The topological polar surface area (TPSA) is 72.6 Å². The molecule has 0 amide bonds. The Bertz CT molecular complexity index is 820. The summed E-state index contributed by atoms with van der Waals surface area (Å²) in [5.74, 6) is 1.66. The molecule has 130 valence electrons. The summed E-state index contributed by atoms with van der Waals surface area (Å²) in [7, 11) is 0. The Morgan fingerprint density at radius 2 is 2.16 bits per heavy atom. The normalized spacial score (nSPS) is 17.8. The summed E-state index contributed by atoms with van der Waals surface area (Å²) < 4.78 is 3.84. The van der Waals surface area contributed by atoms with Crippen molar-refractivity contribution in [3.05, 3.63) is 54.2 Å². The fourth-order valence-corrected chi connectivity index (χ4v) is 3.24. The molecule has 0 radical (unpaired) electrons. The van der Waals surface area contributed by atoms with Crippen LogP contribution in [-0.2, 0) is 6.54 Å². The molecule has 0 spiro atoms. The number of hydrogen-bond donors (Lipinski definition) is 2. The van der Waals surface area contributed by atoms with Gasteiger partial charge in [-0.3, -0.25) is 0 Å². The number of aromatic nitrogens is 5. The van der Waals surface area contributed by atoms with Crippen LogP contribution in [0, 0.1) is 12.8 Å². The molecule has 0 bridgehead atoms. The van der Waals surface area contributed by atoms with Crippen molar-refractivity contribution in [3.8, 4) is 5.69 Å². The second-order valence-corrected chi connectivity index (χ2v) is 6.66.